The Morgan fingerprint density at radius 2 is 1.83 bits per heavy atom. The van der Waals surface area contributed by atoms with E-state index in [4.69, 9.17) is 4.74 Å². The molecule has 0 aliphatic heterocycles. The van der Waals surface area contributed by atoms with E-state index in [-0.39, 0.29) is 6.03 Å². The quantitative estimate of drug-likeness (QED) is 0.645. The molecule has 0 aromatic heterocycles. The van der Waals surface area contributed by atoms with Crippen LogP contribution in [0.5, 0.6) is 0 Å². The molecule has 106 valence electrons. The van der Waals surface area contributed by atoms with Crippen LogP contribution in [0.1, 0.15) is 33.6 Å². The molecule has 0 saturated carbocycles. The second kappa shape index (κ2) is 7.92. The van der Waals surface area contributed by atoms with Gasteiger partial charge in [-0.15, -0.1) is 0 Å². The van der Waals surface area contributed by atoms with Crippen molar-refractivity contribution in [1.82, 2.24) is 10.2 Å². The molecular weight excluding hydrogens is 236 g/mol. The highest BCUT2D eigenvalue weighted by Gasteiger charge is 2.37. The first-order chi connectivity index (χ1) is 8.43. The third kappa shape index (κ3) is 4.52. The molecule has 0 heterocycles. The second-order valence-electron chi connectivity index (χ2n) is 4.14. The first-order valence-corrected chi connectivity index (χ1v) is 6.27. The van der Waals surface area contributed by atoms with E-state index in [1.165, 1.54) is 4.90 Å². The largest absolute Gasteiger partial charge is 0.480 e. The summed E-state index contributed by atoms with van der Waals surface area (Å²) < 4.78 is 5.15. The molecule has 18 heavy (non-hydrogen) atoms. The molecule has 0 aliphatic rings. The number of rotatable bonds is 8. The molecule has 6 nitrogen and oxygen atoms in total. The van der Waals surface area contributed by atoms with Crippen molar-refractivity contribution in [3.63, 3.8) is 0 Å². The average Bonchev–Trinajstić information content (AvgIpc) is 2.35. The van der Waals surface area contributed by atoms with Crippen molar-refractivity contribution in [2.45, 2.75) is 39.2 Å². The van der Waals surface area contributed by atoms with E-state index in [0.717, 1.165) is 0 Å². The number of hydrogen-bond acceptors (Lipinski definition) is 3. The van der Waals surface area contributed by atoms with E-state index >= 15 is 0 Å². The van der Waals surface area contributed by atoms with Crippen molar-refractivity contribution in [2.24, 2.45) is 0 Å². The normalized spacial score (nSPS) is 11.1. The fourth-order valence-electron chi connectivity index (χ4n) is 1.53. The van der Waals surface area contributed by atoms with Crippen molar-refractivity contribution < 1.29 is 19.4 Å². The lowest BCUT2D eigenvalue weighted by molar-refractivity contribution is -0.144. The first-order valence-electron chi connectivity index (χ1n) is 6.27. The van der Waals surface area contributed by atoms with Crippen LogP contribution in [0, 0.1) is 0 Å². The van der Waals surface area contributed by atoms with Gasteiger partial charge in [-0.2, -0.15) is 0 Å². The summed E-state index contributed by atoms with van der Waals surface area (Å²) in [6.07, 6.45) is 0.702. The molecule has 0 unspecified atom stereocenters. The van der Waals surface area contributed by atoms with E-state index in [2.05, 4.69) is 5.32 Å². The minimum absolute atomic E-state index is 0.351. The van der Waals surface area contributed by atoms with Crippen LogP contribution in [0.15, 0.2) is 0 Å². The maximum atomic E-state index is 11.9. The van der Waals surface area contributed by atoms with Gasteiger partial charge in [-0.1, -0.05) is 13.8 Å². The molecule has 2 amide bonds. The Balaban J connectivity index is 4.46. The van der Waals surface area contributed by atoms with E-state index in [9.17, 15) is 14.7 Å². The van der Waals surface area contributed by atoms with E-state index < -0.39 is 11.5 Å². The zero-order chi connectivity index (χ0) is 14.2. The predicted octanol–water partition coefficient (Wildman–Crippen LogP) is 1.31. The van der Waals surface area contributed by atoms with Crippen molar-refractivity contribution in [1.29, 1.82) is 0 Å². The van der Waals surface area contributed by atoms with Gasteiger partial charge >= 0.3 is 12.0 Å². The summed E-state index contributed by atoms with van der Waals surface area (Å²) in [5.41, 5.74) is -1.18. The number of urea groups is 1. The zero-order valence-corrected chi connectivity index (χ0v) is 11.7. The summed E-state index contributed by atoms with van der Waals surface area (Å²) in [6.45, 7) is 6.85. The number of nitrogens with one attached hydrogen (secondary N) is 1. The third-order valence-corrected chi connectivity index (χ3v) is 3.08. The van der Waals surface area contributed by atoms with Crippen LogP contribution in [-0.4, -0.2) is 54.4 Å². The van der Waals surface area contributed by atoms with Gasteiger partial charge in [0.25, 0.3) is 0 Å². The molecule has 0 rings (SSSR count). The number of carboxylic acid groups (broad SMARTS) is 1. The van der Waals surface area contributed by atoms with Gasteiger partial charge in [0.15, 0.2) is 0 Å². The molecule has 0 aliphatic carbocycles. The lowest BCUT2D eigenvalue weighted by Crippen LogP contribution is -2.57. The summed E-state index contributed by atoms with van der Waals surface area (Å²) in [7, 11) is 1.62. The van der Waals surface area contributed by atoms with Crippen molar-refractivity contribution in [3.8, 4) is 0 Å². The predicted molar refractivity (Wildman–Crippen MR) is 68.6 cm³/mol. The van der Waals surface area contributed by atoms with Crippen LogP contribution < -0.4 is 5.32 Å². The Kier molecular flexibility index (Phi) is 7.35. The van der Waals surface area contributed by atoms with Gasteiger partial charge in [0, 0.05) is 20.2 Å². The standard InChI is InChI=1S/C12H24N2O4/c1-5-12(6-2,10(15)16)13-11(17)14(4)8-9-18-7-3/h5-9H2,1-4H3,(H,13,17)(H,15,16). The number of ether oxygens (including phenoxy) is 1. The number of carbonyl (C=O) groups is 2. The van der Waals surface area contributed by atoms with E-state index in [1.807, 2.05) is 6.92 Å². The monoisotopic (exact) mass is 260 g/mol. The molecule has 0 aromatic carbocycles. The van der Waals surface area contributed by atoms with Crippen LogP contribution >= 0.6 is 0 Å². The van der Waals surface area contributed by atoms with Crippen LogP contribution in [0.2, 0.25) is 0 Å². The molecule has 0 atom stereocenters. The van der Waals surface area contributed by atoms with Gasteiger partial charge < -0.3 is 20.1 Å². The first kappa shape index (κ1) is 16.7. The maximum Gasteiger partial charge on any atom is 0.329 e. The number of carboxylic acids is 1. The highest BCUT2D eigenvalue weighted by molar-refractivity contribution is 5.86. The molecule has 0 aromatic rings. The number of likely N-dealkylation sites (N-methyl/N-ethyl adjacent to an activating group) is 1. The summed E-state index contributed by atoms with van der Waals surface area (Å²) >= 11 is 0. The van der Waals surface area contributed by atoms with Crippen molar-refractivity contribution >= 4 is 12.0 Å². The van der Waals surface area contributed by atoms with Crippen LogP contribution in [0.25, 0.3) is 0 Å². The SMILES string of the molecule is CCOCCN(C)C(=O)NC(CC)(CC)C(=O)O. The minimum atomic E-state index is -1.18. The molecule has 0 spiro atoms. The maximum absolute atomic E-state index is 11.9. The van der Waals surface area contributed by atoms with E-state index in [0.29, 0.717) is 32.6 Å². The fourth-order valence-corrected chi connectivity index (χ4v) is 1.53. The molecule has 0 bridgehead atoms. The number of nitrogens with zero attached hydrogens (tertiary/aromatic N) is 1. The Morgan fingerprint density at radius 3 is 2.22 bits per heavy atom. The van der Waals surface area contributed by atoms with Gasteiger partial charge in [0.05, 0.1) is 6.61 Å². The number of aliphatic carboxylic acids is 1. The second-order valence-corrected chi connectivity index (χ2v) is 4.14. The van der Waals surface area contributed by atoms with Crippen LogP contribution in [0.3, 0.4) is 0 Å². The number of carbonyl (C=O) groups excluding carboxylic acids is 1. The molecule has 0 saturated heterocycles. The van der Waals surface area contributed by atoms with Crippen molar-refractivity contribution in [2.75, 3.05) is 26.8 Å². The molecule has 0 radical (unpaired) electrons. The number of hydrogen-bond donors (Lipinski definition) is 2. The Labute approximate surface area is 108 Å². The fraction of sp³-hybridized carbons (Fsp3) is 0.833. The van der Waals surface area contributed by atoms with E-state index in [1.54, 1.807) is 20.9 Å². The highest BCUT2D eigenvalue weighted by Crippen LogP contribution is 2.15. The van der Waals surface area contributed by atoms with Crippen LogP contribution in [0.4, 0.5) is 4.79 Å². The van der Waals surface area contributed by atoms with Crippen LogP contribution in [-0.2, 0) is 9.53 Å². The summed E-state index contributed by atoms with van der Waals surface area (Å²) in [4.78, 5) is 24.5. The topological polar surface area (TPSA) is 78.9 Å². The van der Waals surface area contributed by atoms with Crippen molar-refractivity contribution in [3.05, 3.63) is 0 Å². The smallest absolute Gasteiger partial charge is 0.329 e. The van der Waals surface area contributed by atoms with Gasteiger partial charge in [-0.3, -0.25) is 0 Å². The Bertz CT molecular complexity index is 277. The van der Waals surface area contributed by atoms with Gasteiger partial charge in [-0.05, 0) is 19.8 Å². The molecule has 2 N–H and O–H groups in total. The Morgan fingerprint density at radius 1 is 1.28 bits per heavy atom. The highest BCUT2D eigenvalue weighted by atomic mass is 16.5. The minimum Gasteiger partial charge on any atom is -0.480 e. The van der Waals surface area contributed by atoms with Gasteiger partial charge in [-0.25, -0.2) is 9.59 Å². The third-order valence-electron chi connectivity index (χ3n) is 3.08. The lowest BCUT2D eigenvalue weighted by atomic mass is 9.93. The molecule has 0 fully saturated rings. The summed E-state index contributed by atoms with van der Waals surface area (Å²) in [5, 5.41) is 11.8. The zero-order valence-electron chi connectivity index (χ0n) is 11.7. The molecular formula is C12H24N2O4. The average molecular weight is 260 g/mol. The summed E-state index contributed by atoms with van der Waals surface area (Å²) in [5.74, 6) is -1.00. The lowest BCUT2D eigenvalue weighted by Gasteiger charge is -2.30. The number of amides is 2. The van der Waals surface area contributed by atoms with Gasteiger partial charge in [0.1, 0.15) is 5.54 Å². The Hall–Kier alpha value is -1.30. The molecule has 6 heteroatoms. The van der Waals surface area contributed by atoms with Gasteiger partial charge in [0.2, 0.25) is 0 Å². The summed E-state index contributed by atoms with van der Waals surface area (Å²) in [6, 6.07) is -0.388.